The first-order chi connectivity index (χ1) is 12.7. The van der Waals surface area contributed by atoms with Crippen LogP contribution in [0, 0.1) is 0 Å². The van der Waals surface area contributed by atoms with Gasteiger partial charge in [-0.3, -0.25) is 4.79 Å². The molecule has 0 bridgehead atoms. The van der Waals surface area contributed by atoms with E-state index in [4.69, 9.17) is 4.74 Å². The Balaban J connectivity index is 1.86. The summed E-state index contributed by atoms with van der Waals surface area (Å²) in [5.41, 5.74) is 4.28. The Bertz CT molecular complexity index is 741. The van der Waals surface area contributed by atoms with Gasteiger partial charge in [-0.1, -0.05) is 44.2 Å². The van der Waals surface area contributed by atoms with Crippen LogP contribution in [0.3, 0.4) is 0 Å². The molecule has 0 spiro atoms. The van der Waals surface area contributed by atoms with Crippen LogP contribution in [0.15, 0.2) is 42.5 Å². The largest absolute Gasteiger partial charge is 0.496 e. The van der Waals surface area contributed by atoms with Crippen molar-refractivity contribution in [1.29, 1.82) is 0 Å². The number of rotatable bonds is 6. The van der Waals surface area contributed by atoms with Gasteiger partial charge >= 0.3 is 0 Å². The zero-order valence-corrected chi connectivity index (χ0v) is 16.1. The highest BCUT2D eigenvalue weighted by atomic mass is 16.5. The average Bonchev–Trinajstić information content (AvgIpc) is 3.23. The number of likely N-dealkylation sites (tertiary alicyclic amines) is 1. The maximum Gasteiger partial charge on any atom is 0.257 e. The van der Waals surface area contributed by atoms with Crippen molar-refractivity contribution in [2.45, 2.75) is 45.4 Å². The number of amides is 1. The fourth-order valence-electron chi connectivity index (χ4n) is 3.85. The molecule has 1 aliphatic heterocycles. The minimum Gasteiger partial charge on any atom is -0.496 e. The minimum atomic E-state index is 0.0787. The predicted molar refractivity (Wildman–Crippen MR) is 107 cm³/mol. The minimum absolute atomic E-state index is 0.0787. The van der Waals surface area contributed by atoms with Gasteiger partial charge in [-0.2, -0.15) is 0 Å². The van der Waals surface area contributed by atoms with Crippen LogP contribution in [-0.4, -0.2) is 31.0 Å². The normalized spacial score (nSPS) is 14.1. The third kappa shape index (κ3) is 3.77. The van der Waals surface area contributed by atoms with E-state index in [9.17, 15) is 4.79 Å². The summed E-state index contributed by atoms with van der Waals surface area (Å²) in [6, 6.07) is 14.7. The lowest BCUT2D eigenvalue weighted by molar-refractivity contribution is 0.0789. The van der Waals surface area contributed by atoms with E-state index in [0.717, 1.165) is 49.9 Å². The summed E-state index contributed by atoms with van der Waals surface area (Å²) in [4.78, 5) is 14.6. The van der Waals surface area contributed by atoms with E-state index in [2.05, 4.69) is 38.1 Å². The first-order valence-electron chi connectivity index (χ1n) is 9.75. The zero-order valence-electron chi connectivity index (χ0n) is 16.1. The molecule has 3 nitrogen and oxygen atoms in total. The van der Waals surface area contributed by atoms with Crippen molar-refractivity contribution in [2.24, 2.45) is 0 Å². The summed E-state index contributed by atoms with van der Waals surface area (Å²) >= 11 is 0. The Kier molecular flexibility index (Phi) is 5.97. The summed E-state index contributed by atoms with van der Waals surface area (Å²) in [6.45, 7) is 6.18. The fraction of sp³-hybridized carbons (Fsp3) is 0.435. The second-order valence-electron chi connectivity index (χ2n) is 7.05. The van der Waals surface area contributed by atoms with E-state index in [-0.39, 0.29) is 5.91 Å². The lowest BCUT2D eigenvalue weighted by Gasteiger charge is -2.18. The van der Waals surface area contributed by atoms with Crippen LogP contribution in [0.2, 0.25) is 0 Å². The molecule has 0 unspecified atom stereocenters. The summed E-state index contributed by atoms with van der Waals surface area (Å²) in [5.74, 6) is 1.36. The van der Waals surface area contributed by atoms with E-state index in [1.54, 1.807) is 7.11 Å². The molecule has 2 aromatic carbocycles. The summed E-state index contributed by atoms with van der Waals surface area (Å²) in [6.07, 6.45) is 4.51. The Morgan fingerprint density at radius 3 is 2.19 bits per heavy atom. The second kappa shape index (κ2) is 8.39. The van der Waals surface area contributed by atoms with E-state index < -0.39 is 0 Å². The highest BCUT2D eigenvalue weighted by molar-refractivity contribution is 5.97. The van der Waals surface area contributed by atoms with Crippen LogP contribution in [0.5, 0.6) is 5.75 Å². The average molecular weight is 351 g/mol. The van der Waals surface area contributed by atoms with Crippen LogP contribution in [0.1, 0.15) is 61.4 Å². The maximum absolute atomic E-state index is 12.7. The molecule has 26 heavy (non-hydrogen) atoms. The van der Waals surface area contributed by atoms with Crippen molar-refractivity contribution in [3.63, 3.8) is 0 Å². The van der Waals surface area contributed by atoms with Crippen molar-refractivity contribution >= 4 is 5.91 Å². The quantitative estimate of drug-likeness (QED) is 0.687. The molecule has 1 amide bonds. The van der Waals surface area contributed by atoms with Crippen molar-refractivity contribution < 1.29 is 9.53 Å². The van der Waals surface area contributed by atoms with Gasteiger partial charge in [0, 0.05) is 13.1 Å². The molecule has 1 saturated heterocycles. The van der Waals surface area contributed by atoms with Crippen molar-refractivity contribution in [2.75, 3.05) is 20.2 Å². The van der Waals surface area contributed by atoms with Crippen LogP contribution in [0.4, 0.5) is 0 Å². The second-order valence-corrected chi connectivity index (χ2v) is 7.05. The smallest absolute Gasteiger partial charge is 0.257 e. The molecule has 0 radical (unpaired) electrons. The number of nitrogens with zero attached hydrogens (tertiary/aromatic N) is 1. The van der Waals surface area contributed by atoms with Gasteiger partial charge in [-0.05, 0) is 60.4 Å². The third-order valence-electron chi connectivity index (χ3n) is 5.53. The molecular formula is C23H29NO2. The van der Waals surface area contributed by atoms with Gasteiger partial charge in [0.05, 0.1) is 12.7 Å². The Labute approximate surface area is 157 Å². The predicted octanol–water partition coefficient (Wildman–Crippen LogP) is 5.50. The number of carbonyl (C=O) groups excluding carboxylic acids is 1. The summed E-state index contributed by atoms with van der Waals surface area (Å²) < 4.78 is 5.54. The van der Waals surface area contributed by atoms with Crippen molar-refractivity contribution in [3.8, 4) is 16.9 Å². The molecule has 1 aliphatic rings. The maximum atomic E-state index is 12.7. The lowest BCUT2D eigenvalue weighted by atomic mass is 9.92. The Hall–Kier alpha value is -2.29. The molecule has 2 aromatic rings. The van der Waals surface area contributed by atoms with Gasteiger partial charge in [0.2, 0.25) is 0 Å². The van der Waals surface area contributed by atoms with E-state index in [1.165, 1.54) is 5.56 Å². The number of methoxy groups -OCH3 is 1. The van der Waals surface area contributed by atoms with Gasteiger partial charge in [0.1, 0.15) is 5.75 Å². The first-order valence-corrected chi connectivity index (χ1v) is 9.75. The van der Waals surface area contributed by atoms with Crippen molar-refractivity contribution in [3.05, 3.63) is 53.6 Å². The number of benzene rings is 2. The van der Waals surface area contributed by atoms with Gasteiger partial charge < -0.3 is 9.64 Å². The van der Waals surface area contributed by atoms with Crippen LogP contribution in [0.25, 0.3) is 11.1 Å². The van der Waals surface area contributed by atoms with Gasteiger partial charge in [-0.15, -0.1) is 0 Å². The van der Waals surface area contributed by atoms with E-state index in [1.807, 2.05) is 23.1 Å². The molecule has 0 N–H and O–H groups in total. The number of ether oxygens (including phenoxy) is 1. The summed E-state index contributed by atoms with van der Waals surface area (Å²) in [7, 11) is 1.63. The molecular weight excluding hydrogens is 322 g/mol. The zero-order chi connectivity index (χ0) is 18.5. The fourth-order valence-corrected chi connectivity index (χ4v) is 3.85. The molecule has 0 aliphatic carbocycles. The number of carbonyl (C=O) groups is 1. The van der Waals surface area contributed by atoms with Crippen LogP contribution < -0.4 is 4.74 Å². The van der Waals surface area contributed by atoms with Crippen LogP contribution in [-0.2, 0) is 0 Å². The Morgan fingerprint density at radius 1 is 1.00 bits per heavy atom. The lowest BCUT2D eigenvalue weighted by Crippen LogP contribution is -2.27. The number of hydrogen-bond acceptors (Lipinski definition) is 2. The summed E-state index contributed by atoms with van der Waals surface area (Å²) in [5, 5.41) is 0. The van der Waals surface area contributed by atoms with Gasteiger partial charge in [0.25, 0.3) is 5.91 Å². The SMILES string of the molecule is CCC(CC)c1ccc(-c2ccc(C(=O)N3CCCC3)c(OC)c2)cc1. The topological polar surface area (TPSA) is 29.5 Å². The third-order valence-corrected chi connectivity index (χ3v) is 5.53. The van der Waals surface area contributed by atoms with E-state index >= 15 is 0 Å². The highest BCUT2D eigenvalue weighted by Gasteiger charge is 2.22. The highest BCUT2D eigenvalue weighted by Crippen LogP contribution is 2.31. The van der Waals surface area contributed by atoms with E-state index in [0.29, 0.717) is 17.2 Å². The number of hydrogen-bond donors (Lipinski definition) is 0. The standard InChI is InChI=1S/C23H29NO2/c1-4-17(5-2)18-8-10-19(11-9-18)20-12-13-21(22(16-20)26-3)23(25)24-14-6-7-15-24/h8-13,16-17H,4-7,14-15H2,1-3H3. The molecule has 3 rings (SSSR count). The first kappa shape index (κ1) is 18.5. The van der Waals surface area contributed by atoms with Crippen LogP contribution >= 0.6 is 0 Å². The molecule has 1 heterocycles. The monoisotopic (exact) mass is 351 g/mol. The molecule has 0 aromatic heterocycles. The molecule has 0 atom stereocenters. The molecule has 0 saturated carbocycles. The van der Waals surface area contributed by atoms with Crippen molar-refractivity contribution in [1.82, 2.24) is 4.90 Å². The molecule has 1 fully saturated rings. The molecule has 3 heteroatoms. The molecule has 138 valence electrons. The van der Waals surface area contributed by atoms with Gasteiger partial charge in [-0.25, -0.2) is 0 Å². The van der Waals surface area contributed by atoms with Gasteiger partial charge in [0.15, 0.2) is 0 Å². The Morgan fingerprint density at radius 2 is 1.62 bits per heavy atom.